The highest BCUT2D eigenvalue weighted by Gasteiger charge is 2.32. The zero-order valence-electron chi connectivity index (χ0n) is 15.7. The fourth-order valence-electron chi connectivity index (χ4n) is 3.01. The summed E-state index contributed by atoms with van der Waals surface area (Å²) in [7, 11) is -3.26. The minimum atomic E-state index is -3.26. The van der Waals surface area contributed by atoms with E-state index in [0.29, 0.717) is 16.4 Å². The quantitative estimate of drug-likeness (QED) is 0.611. The third-order valence-corrected chi connectivity index (χ3v) is 6.35. The number of amides is 1. The normalized spacial score (nSPS) is 15.5. The molecule has 0 saturated heterocycles. The number of pyridine rings is 1. The highest BCUT2D eigenvalue weighted by Crippen LogP contribution is 2.40. The number of hydrogen-bond donors (Lipinski definition) is 1. The van der Waals surface area contributed by atoms with Gasteiger partial charge in [-0.2, -0.15) is 0 Å². The second-order valence-corrected chi connectivity index (χ2v) is 10.0. The van der Waals surface area contributed by atoms with Crippen molar-refractivity contribution in [1.29, 1.82) is 0 Å². The average molecular weight is 429 g/mol. The fourth-order valence-corrected chi connectivity index (χ4v) is 4.46. The molecule has 2 heterocycles. The number of aromatic nitrogens is 1. The number of fused-ring (bicyclic) bond motifs is 1. The molecule has 4 rings (SSSR count). The smallest absolute Gasteiger partial charge is 0.265 e. The lowest BCUT2D eigenvalue weighted by Crippen LogP contribution is -2.34. The van der Waals surface area contributed by atoms with Crippen molar-refractivity contribution in [2.75, 3.05) is 6.26 Å². The molecule has 1 aliphatic carbocycles. The molecule has 0 spiro atoms. The Labute approximate surface area is 173 Å². The lowest BCUT2D eigenvalue weighted by atomic mass is 10.2. The molecule has 2 aromatic heterocycles. The van der Waals surface area contributed by atoms with Crippen LogP contribution >= 0.6 is 11.3 Å². The molecule has 1 amide bonds. The van der Waals surface area contributed by atoms with E-state index in [1.54, 1.807) is 18.5 Å². The van der Waals surface area contributed by atoms with Crippen molar-refractivity contribution in [2.45, 2.75) is 18.9 Å². The minimum Gasteiger partial charge on any atom is -0.455 e. The van der Waals surface area contributed by atoms with Gasteiger partial charge in [-0.25, -0.2) is 8.42 Å². The van der Waals surface area contributed by atoms with Crippen LogP contribution in [0.25, 0.3) is 10.1 Å². The number of hydrogen-bond acceptors (Lipinski definition) is 6. The number of nitrogens with one attached hydrogen (secondary N) is 1. The van der Waals surface area contributed by atoms with Crippen LogP contribution in [0.2, 0.25) is 0 Å². The first-order valence-corrected chi connectivity index (χ1v) is 12.0. The van der Waals surface area contributed by atoms with Gasteiger partial charge in [-0.3, -0.25) is 9.78 Å². The second kappa shape index (κ2) is 7.96. The molecule has 1 fully saturated rings. The van der Waals surface area contributed by atoms with Crippen molar-refractivity contribution in [2.24, 2.45) is 5.92 Å². The maximum Gasteiger partial charge on any atom is 0.265 e. The van der Waals surface area contributed by atoms with E-state index in [9.17, 15) is 13.2 Å². The van der Waals surface area contributed by atoms with Crippen LogP contribution in [0.1, 0.15) is 22.5 Å². The molecule has 0 radical (unpaired) electrons. The largest absolute Gasteiger partial charge is 0.455 e. The van der Waals surface area contributed by atoms with Gasteiger partial charge in [0, 0.05) is 29.4 Å². The van der Waals surface area contributed by atoms with Gasteiger partial charge in [-0.05, 0) is 37.0 Å². The van der Waals surface area contributed by atoms with Crippen LogP contribution in [0.5, 0.6) is 11.5 Å². The zero-order chi connectivity index (χ0) is 20.4. The Morgan fingerprint density at radius 1 is 1.28 bits per heavy atom. The summed E-state index contributed by atoms with van der Waals surface area (Å²) in [6, 6.07) is 10.8. The second-order valence-electron chi connectivity index (χ2n) is 7.04. The van der Waals surface area contributed by atoms with Crippen LogP contribution in [0.4, 0.5) is 0 Å². The van der Waals surface area contributed by atoms with Gasteiger partial charge in [0.1, 0.15) is 10.6 Å². The van der Waals surface area contributed by atoms with Crippen LogP contribution in [0.15, 0.2) is 60.3 Å². The molecule has 29 heavy (non-hydrogen) atoms. The van der Waals surface area contributed by atoms with Crippen molar-refractivity contribution >= 4 is 37.2 Å². The van der Waals surface area contributed by atoms with Gasteiger partial charge < -0.3 is 10.1 Å². The Morgan fingerprint density at radius 2 is 2.03 bits per heavy atom. The van der Waals surface area contributed by atoms with Gasteiger partial charge in [0.25, 0.3) is 5.91 Å². The molecule has 1 saturated carbocycles. The van der Waals surface area contributed by atoms with E-state index in [2.05, 4.69) is 10.3 Å². The van der Waals surface area contributed by atoms with Crippen molar-refractivity contribution < 1.29 is 17.9 Å². The standard InChI is InChI=1S/C21H20N2O4S2/c1-29(25,26)12-10-17(14-7-8-14)23-21(24)20-19(27-15-5-3-2-4-6-15)16-9-11-22-13-18(16)28-20/h2-6,9-14,17H,7-8H2,1H3,(H,23,24)/b12-10+/t17-/m1/s1. The van der Waals surface area contributed by atoms with E-state index < -0.39 is 9.84 Å². The summed E-state index contributed by atoms with van der Waals surface area (Å²) >= 11 is 1.31. The zero-order valence-corrected chi connectivity index (χ0v) is 17.4. The van der Waals surface area contributed by atoms with Crippen LogP contribution in [-0.2, 0) is 9.84 Å². The molecular weight excluding hydrogens is 408 g/mol. The number of carbonyl (C=O) groups is 1. The molecule has 1 atom stereocenters. The van der Waals surface area contributed by atoms with E-state index in [1.807, 2.05) is 36.4 Å². The Balaban J connectivity index is 1.66. The number of thiophene rings is 1. The summed E-state index contributed by atoms with van der Waals surface area (Å²) in [6.45, 7) is 0. The molecule has 1 N–H and O–H groups in total. The summed E-state index contributed by atoms with van der Waals surface area (Å²) in [5.41, 5.74) is 0. The SMILES string of the molecule is CS(=O)(=O)/C=C/[C@@H](NC(=O)c1sc2cnccc2c1Oc1ccccc1)C1CC1. The van der Waals surface area contributed by atoms with E-state index in [4.69, 9.17) is 4.74 Å². The molecule has 1 aromatic carbocycles. The number of benzene rings is 1. The first kappa shape index (κ1) is 19.6. The van der Waals surface area contributed by atoms with Crippen molar-refractivity contribution in [3.63, 3.8) is 0 Å². The Morgan fingerprint density at radius 3 is 2.72 bits per heavy atom. The van der Waals surface area contributed by atoms with Crippen molar-refractivity contribution in [1.82, 2.24) is 10.3 Å². The minimum absolute atomic E-state index is 0.256. The molecule has 0 aliphatic heterocycles. The van der Waals surface area contributed by atoms with Crippen molar-refractivity contribution in [3.05, 3.63) is 65.2 Å². The van der Waals surface area contributed by atoms with E-state index in [0.717, 1.165) is 34.6 Å². The maximum absolute atomic E-state index is 13.1. The summed E-state index contributed by atoms with van der Waals surface area (Å²) in [5.74, 6) is 1.09. The molecular formula is C21H20N2O4S2. The summed E-state index contributed by atoms with van der Waals surface area (Å²) in [6.07, 6.45) is 8.00. The number of ether oxygens (including phenoxy) is 1. The summed E-state index contributed by atoms with van der Waals surface area (Å²) in [5, 5.41) is 4.95. The number of para-hydroxylation sites is 1. The van der Waals surface area contributed by atoms with Gasteiger partial charge in [0.15, 0.2) is 15.6 Å². The Hall–Kier alpha value is -2.71. The third-order valence-electron chi connectivity index (χ3n) is 4.58. The monoisotopic (exact) mass is 428 g/mol. The average Bonchev–Trinajstić information content (AvgIpc) is 3.47. The molecule has 6 nitrogen and oxygen atoms in total. The van der Waals surface area contributed by atoms with Crippen LogP contribution < -0.4 is 10.1 Å². The molecule has 3 aromatic rings. The first-order valence-electron chi connectivity index (χ1n) is 9.19. The van der Waals surface area contributed by atoms with E-state index >= 15 is 0 Å². The van der Waals surface area contributed by atoms with E-state index in [1.165, 1.54) is 11.3 Å². The predicted octanol–water partition coefficient (Wildman–Crippen LogP) is 4.16. The highest BCUT2D eigenvalue weighted by molar-refractivity contribution is 7.93. The number of rotatable bonds is 7. The molecule has 150 valence electrons. The molecule has 0 unspecified atom stereocenters. The van der Waals surface area contributed by atoms with Gasteiger partial charge >= 0.3 is 0 Å². The lowest BCUT2D eigenvalue weighted by molar-refractivity contribution is 0.0943. The first-order chi connectivity index (χ1) is 13.9. The summed E-state index contributed by atoms with van der Waals surface area (Å²) < 4.78 is 29.9. The Kier molecular flexibility index (Phi) is 5.38. The van der Waals surface area contributed by atoms with Gasteiger partial charge in [0.05, 0.1) is 10.7 Å². The topological polar surface area (TPSA) is 85.4 Å². The third kappa shape index (κ3) is 4.83. The van der Waals surface area contributed by atoms with E-state index in [-0.39, 0.29) is 17.9 Å². The fraction of sp³-hybridized carbons (Fsp3) is 0.238. The molecule has 0 bridgehead atoms. The Bertz CT molecular complexity index is 1170. The number of nitrogens with zero attached hydrogens (tertiary/aromatic N) is 1. The van der Waals surface area contributed by atoms with Gasteiger partial charge in [0.2, 0.25) is 0 Å². The maximum atomic E-state index is 13.1. The van der Waals surface area contributed by atoms with Crippen molar-refractivity contribution in [3.8, 4) is 11.5 Å². The predicted molar refractivity (Wildman–Crippen MR) is 114 cm³/mol. The van der Waals surface area contributed by atoms with Gasteiger partial charge in [-0.15, -0.1) is 11.3 Å². The molecule has 1 aliphatic rings. The highest BCUT2D eigenvalue weighted by atomic mass is 32.2. The van der Waals surface area contributed by atoms with Crippen LogP contribution in [-0.4, -0.2) is 31.6 Å². The molecule has 8 heteroatoms. The lowest BCUT2D eigenvalue weighted by Gasteiger charge is -2.14. The van der Waals surface area contributed by atoms with Crippen LogP contribution in [0.3, 0.4) is 0 Å². The van der Waals surface area contributed by atoms with Crippen LogP contribution in [0, 0.1) is 5.92 Å². The van der Waals surface area contributed by atoms with Gasteiger partial charge in [-0.1, -0.05) is 24.3 Å². The number of carbonyl (C=O) groups excluding carboxylic acids is 1. The number of sulfone groups is 1. The summed E-state index contributed by atoms with van der Waals surface area (Å²) in [4.78, 5) is 17.7.